The summed E-state index contributed by atoms with van der Waals surface area (Å²) in [5, 5.41) is 0. The fourth-order valence-electron chi connectivity index (χ4n) is 0.678. The van der Waals surface area contributed by atoms with Crippen LogP contribution in [0.25, 0.3) is 0 Å². The maximum Gasteiger partial charge on any atom is 0.0340 e. The molecule has 50 valence electrons. The Morgan fingerprint density at radius 1 is 1.20 bits per heavy atom. The van der Waals surface area contributed by atoms with Crippen LogP contribution in [0.4, 0.5) is 0 Å². The molecule has 0 saturated carbocycles. The van der Waals surface area contributed by atoms with Crippen molar-refractivity contribution in [2.75, 3.05) is 0 Å². The summed E-state index contributed by atoms with van der Waals surface area (Å²) in [6.45, 7) is 3.48. The molecule has 0 aliphatic rings. The van der Waals surface area contributed by atoms with Gasteiger partial charge in [-0.3, -0.25) is 4.99 Å². The molecule has 1 heteroatoms. The van der Waals surface area contributed by atoms with Gasteiger partial charge in [-0.1, -0.05) is 36.9 Å². The number of hydrogen-bond acceptors (Lipinski definition) is 1. The highest BCUT2D eigenvalue weighted by Gasteiger charge is 1.79. The van der Waals surface area contributed by atoms with Crippen molar-refractivity contribution in [3.63, 3.8) is 0 Å². The summed E-state index contributed by atoms with van der Waals surface area (Å²) in [6.07, 6.45) is 3.29. The third-order valence-electron chi connectivity index (χ3n) is 1.13. The minimum atomic E-state index is 1.10. The van der Waals surface area contributed by atoms with E-state index in [9.17, 15) is 0 Å². The molecule has 0 atom stereocenters. The van der Waals surface area contributed by atoms with Crippen molar-refractivity contribution in [2.24, 2.45) is 4.99 Å². The molecular formula is C9H9N. The lowest BCUT2D eigenvalue weighted by molar-refractivity contribution is 1.58. The van der Waals surface area contributed by atoms with Gasteiger partial charge in [0.25, 0.3) is 0 Å². The van der Waals surface area contributed by atoms with Crippen molar-refractivity contribution in [1.29, 1.82) is 0 Å². The van der Waals surface area contributed by atoms with Crippen LogP contribution < -0.4 is 0 Å². The molecule has 0 N–H and O–H groups in total. The minimum Gasteiger partial charge on any atom is -0.265 e. The standard InChI is InChI=1S/C9H9N/c1-2-10-8-9-6-4-3-5-7-9/h2-8H,1H2. The molecule has 1 nitrogen and oxygen atoms in total. The number of nitrogens with zero attached hydrogens (tertiary/aromatic N) is 1. The first kappa shape index (κ1) is 6.75. The van der Waals surface area contributed by atoms with Crippen molar-refractivity contribution < 1.29 is 0 Å². The molecule has 0 unspecified atom stereocenters. The second-order valence-electron chi connectivity index (χ2n) is 1.87. The first-order valence-corrected chi connectivity index (χ1v) is 3.12. The predicted molar refractivity (Wildman–Crippen MR) is 44.2 cm³/mol. The van der Waals surface area contributed by atoms with E-state index < -0.39 is 0 Å². The molecule has 1 rings (SSSR count). The average molecular weight is 131 g/mol. The van der Waals surface area contributed by atoms with Crippen LogP contribution in [-0.2, 0) is 0 Å². The zero-order chi connectivity index (χ0) is 7.23. The third kappa shape index (κ3) is 1.86. The summed E-state index contributed by atoms with van der Waals surface area (Å²) in [5.74, 6) is 0. The van der Waals surface area contributed by atoms with Crippen molar-refractivity contribution in [3.8, 4) is 0 Å². The van der Waals surface area contributed by atoms with E-state index in [1.54, 1.807) is 6.21 Å². The van der Waals surface area contributed by atoms with Gasteiger partial charge in [-0.2, -0.15) is 0 Å². The first-order chi connectivity index (χ1) is 4.93. The molecule has 0 fully saturated rings. The van der Waals surface area contributed by atoms with E-state index in [0.717, 1.165) is 5.56 Å². The number of benzene rings is 1. The van der Waals surface area contributed by atoms with Crippen molar-refractivity contribution in [1.82, 2.24) is 0 Å². The zero-order valence-electron chi connectivity index (χ0n) is 5.70. The average Bonchev–Trinajstić information content (AvgIpc) is 2.03. The molecule has 0 spiro atoms. The van der Waals surface area contributed by atoms with Gasteiger partial charge in [-0.05, 0) is 5.56 Å². The molecule has 0 bridgehead atoms. The molecule has 0 amide bonds. The Morgan fingerprint density at radius 3 is 2.50 bits per heavy atom. The normalized spacial score (nSPS) is 10.0. The van der Waals surface area contributed by atoms with Crippen molar-refractivity contribution >= 4 is 6.21 Å². The van der Waals surface area contributed by atoms with Crippen LogP contribution in [0.2, 0.25) is 0 Å². The maximum absolute atomic E-state index is 3.88. The van der Waals surface area contributed by atoms with Gasteiger partial charge in [-0.15, -0.1) is 0 Å². The minimum absolute atomic E-state index is 1.10. The van der Waals surface area contributed by atoms with Crippen LogP contribution >= 0.6 is 0 Å². The highest BCUT2D eigenvalue weighted by atomic mass is 14.6. The zero-order valence-corrected chi connectivity index (χ0v) is 5.70. The highest BCUT2D eigenvalue weighted by Crippen LogP contribution is 1.93. The molecule has 0 aliphatic heterocycles. The summed E-state index contributed by atoms with van der Waals surface area (Å²) in [6, 6.07) is 9.92. The van der Waals surface area contributed by atoms with Crippen LogP contribution in [0.1, 0.15) is 5.56 Å². The largest absolute Gasteiger partial charge is 0.265 e. The van der Waals surface area contributed by atoms with Crippen molar-refractivity contribution in [2.45, 2.75) is 0 Å². The van der Waals surface area contributed by atoms with E-state index in [0.29, 0.717) is 0 Å². The molecule has 1 aromatic rings. The summed E-state index contributed by atoms with van der Waals surface area (Å²) >= 11 is 0. The van der Waals surface area contributed by atoms with E-state index in [-0.39, 0.29) is 0 Å². The van der Waals surface area contributed by atoms with Crippen LogP contribution in [0, 0.1) is 0 Å². The Labute approximate surface area is 60.7 Å². The van der Waals surface area contributed by atoms with Gasteiger partial charge < -0.3 is 0 Å². The van der Waals surface area contributed by atoms with Crippen LogP contribution in [0.15, 0.2) is 48.1 Å². The lowest BCUT2D eigenvalue weighted by atomic mass is 10.2. The lowest BCUT2D eigenvalue weighted by Gasteiger charge is -1.86. The summed E-state index contributed by atoms with van der Waals surface area (Å²) in [5.41, 5.74) is 1.10. The van der Waals surface area contributed by atoms with Gasteiger partial charge in [0.05, 0.1) is 0 Å². The molecule has 1 aromatic carbocycles. The van der Waals surface area contributed by atoms with E-state index in [1.165, 1.54) is 6.20 Å². The quantitative estimate of drug-likeness (QED) is 0.546. The number of hydrogen-bond donors (Lipinski definition) is 0. The molecule has 0 aromatic heterocycles. The van der Waals surface area contributed by atoms with Crippen molar-refractivity contribution in [3.05, 3.63) is 48.7 Å². The second-order valence-corrected chi connectivity index (χ2v) is 1.87. The van der Waals surface area contributed by atoms with Gasteiger partial charge >= 0.3 is 0 Å². The number of aliphatic imine (C=N–C) groups is 1. The van der Waals surface area contributed by atoms with Gasteiger partial charge in [0.15, 0.2) is 0 Å². The Morgan fingerprint density at radius 2 is 1.90 bits per heavy atom. The second kappa shape index (κ2) is 3.62. The fourth-order valence-corrected chi connectivity index (χ4v) is 0.678. The monoisotopic (exact) mass is 131 g/mol. The predicted octanol–water partition coefficient (Wildman–Crippen LogP) is 2.25. The molecule has 0 aliphatic carbocycles. The summed E-state index contributed by atoms with van der Waals surface area (Å²) < 4.78 is 0. The lowest BCUT2D eigenvalue weighted by Crippen LogP contribution is -1.75. The Kier molecular flexibility index (Phi) is 2.44. The first-order valence-electron chi connectivity index (χ1n) is 3.12. The van der Waals surface area contributed by atoms with Crippen LogP contribution in [-0.4, -0.2) is 6.21 Å². The molecule has 0 heterocycles. The molecule has 0 radical (unpaired) electrons. The highest BCUT2D eigenvalue weighted by molar-refractivity contribution is 5.79. The summed E-state index contributed by atoms with van der Waals surface area (Å²) in [4.78, 5) is 3.88. The Bertz CT molecular complexity index is 224. The van der Waals surface area contributed by atoms with E-state index in [2.05, 4.69) is 11.6 Å². The molecular weight excluding hydrogens is 122 g/mol. The molecule has 0 saturated heterocycles. The molecule has 10 heavy (non-hydrogen) atoms. The third-order valence-corrected chi connectivity index (χ3v) is 1.13. The van der Waals surface area contributed by atoms with E-state index in [4.69, 9.17) is 0 Å². The smallest absolute Gasteiger partial charge is 0.0340 e. The topological polar surface area (TPSA) is 12.4 Å². The Balaban J connectivity index is 2.76. The van der Waals surface area contributed by atoms with Crippen LogP contribution in [0.5, 0.6) is 0 Å². The van der Waals surface area contributed by atoms with E-state index >= 15 is 0 Å². The SMILES string of the molecule is C=CN=Cc1ccccc1. The van der Waals surface area contributed by atoms with Gasteiger partial charge in [0, 0.05) is 12.4 Å². The number of rotatable bonds is 2. The van der Waals surface area contributed by atoms with E-state index in [1.807, 2.05) is 30.3 Å². The maximum atomic E-state index is 3.88. The Hall–Kier alpha value is -1.37. The van der Waals surface area contributed by atoms with Gasteiger partial charge in [0.2, 0.25) is 0 Å². The van der Waals surface area contributed by atoms with Gasteiger partial charge in [-0.25, -0.2) is 0 Å². The fraction of sp³-hybridized carbons (Fsp3) is 0. The van der Waals surface area contributed by atoms with Crippen LogP contribution in [0.3, 0.4) is 0 Å². The van der Waals surface area contributed by atoms with Gasteiger partial charge in [0.1, 0.15) is 0 Å². The summed E-state index contributed by atoms with van der Waals surface area (Å²) in [7, 11) is 0.